The fraction of sp³-hybridized carbons (Fsp3) is 0.429. The Morgan fingerprint density at radius 1 is 1.28 bits per heavy atom. The SMILES string of the molecule is Cc1cc(NC(=O)CN2C(=O)NC(C)(c3ccccc3C)C2=O)n(C2CCS(=O)(=O)C2)n1. The Bertz CT molecular complexity index is 1220. The number of rotatable bonds is 5. The van der Waals surface area contributed by atoms with Crippen LogP contribution in [0.25, 0.3) is 0 Å². The van der Waals surface area contributed by atoms with Gasteiger partial charge in [0.1, 0.15) is 17.9 Å². The number of amides is 4. The lowest BCUT2D eigenvalue weighted by Gasteiger charge is -2.24. The molecule has 2 N–H and O–H groups in total. The highest BCUT2D eigenvalue weighted by molar-refractivity contribution is 7.91. The van der Waals surface area contributed by atoms with Crippen molar-refractivity contribution in [2.45, 2.75) is 38.8 Å². The van der Waals surface area contributed by atoms with E-state index in [0.717, 1.165) is 10.5 Å². The number of carbonyl (C=O) groups is 3. The molecule has 170 valence electrons. The van der Waals surface area contributed by atoms with Gasteiger partial charge in [0.15, 0.2) is 9.84 Å². The summed E-state index contributed by atoms with van der Waals surface area (Å²) in [5.41, 5.74) is 0.865. The summed E-state index contributed by atoms with van der Waals surface area (Å²) < 4.78 is 25.2. The first-order valence-corrected chi connectivity index (χ1v) is 12.1. The van der Waals surface area contributed by atoms with Gasteiger partial charge in [-0.25, -0.2) is 17.9 Å². The predicted octanol–water partition coefficient (Wildman–Crippen LogP) is 1.27. The number of urea groups is 1. The summed E-state index contributed by atoms with van der Waals surface area (Å²) in [7, 11) is -3.14. The van der Waals surface area contributed by atoms with Crippen molar-refractivity contribution in [3.8, 4) is 0 Å². The zero-order chi connectivity index (χ0) is 23.3. The Labute approximate surface area is 185 Å². The van der Waals surface area contributed by atoms with Gasteiger partial charge in [-0.05, 0) is 38.3 Å². The Balaban J connectivity index is 1.50. The third kappa shape index (κ3) is 3.88. The van der Waals surface area contributed by atoms with Crippen molar-refractivity contribution in [1.82, 2.24) is 20.0 Å². The second-order valence-corrected chi connectivity index (χ2v) is 10.7. The van der Waals surface area contributed by atoms with Gasteiger partial charge in [0, 0.05) is 6.07 Å². The van der Waals surface area contributed by atoms with Crippen LogP contribution in [-0.2, 0) is 25.0 Å². The van der Waals surface area contributed by atoms with Gasteiger partial charge >= 0.3 is 6.03 Å². The van der Waals surface area contributed by atoms with Crippen LogP contribution < -0.4 is 10.6 Å². The number of benzene rings is 1. The van der Waals surface area contributed by atoms with Gasteiger partial charge in [-0.3, -0.25) is 14.5 Å². The molecule has 0 bridgehead atoms. The molecule has 3 heterocycles. The molecule has 0 saturated carbocycles. The first kappa shape index (κ1) is 22.0. The van der Waals surface area contributed by atoms with Crippen LogP contribution in [0.3, 0.4) is 0 Å². The molecule has 10 nitrogen and oxygen atoms in total. The lowest BCUT2D eigenvalue weighted by molar-refractivity contribution is -0.133. The standard InChI is InChI=1S/C21H25N5O5S/c1-13-6-4-5-7-16(13)21(3)19(28)25(20(29)23-21)11-18(27)22-17-10-14(2)24-26(17)15-8-9-32(30,31)12-15/h4-7,10,15H,8-9,11-12H2,1-3H3,(H,22,27)(H,23,29). The maximum atomic E-state index is 13.1. The average Bonchev–Trinajstić information content (AvgIpc) is 3.32. The maximum absolute atomic E-state index is 13.1. The fourth-order valence-electron chi connectivity index (χ4n) is 4.34. The number of imide groups is 1. The molecule has 2 aliphatic heterocycles. The number of carbonyl (C=O) groups excluding carboxylic acids is 3. The second-order valence-electron chi connectivity index (χ2n) is 8.48. The molecule has 4 amide bonds. The summed E-state index contributed by atoms with van der Waals surface area (Å²) in [5.74, 6) is -0.728. The van der Waals surface area contributed by atoms with Crippen molar-refractivity contribution in [2.75, 3.05) is 23.4 Å². The van der Waals surface area contributed by atoms with E-state index in [1.54, 1.807) is 32.0 Å². The maximum Gasteiger partial charge on any atom is 0.325 e. The molecule has 2 aliphatic rings. The molecule has 11 heteroatoms. The summed E-state index contributed by atoms with van der Waals surface area (Å²) >= 11 is 0. The largest absolute Gasteiger partial charge is 0.325 e. The van der Waals surface area contributed by atoms with Crippen molar-refractivity contribution >= 4 is 33.5 Å². The highest BCUT2D eigenvalue weighted by Gasteiger charge is 2.50. The van der Waals surface area contributed by atoms with Crippen LogP contribution in [0.5, 0.6) is 0 Å². The molecule has 1 aromatic heterocycles. The molecule has 2 saturated heterocycles. The third-order valence-corrected chi connectivity index (χ3v) is 7.69. The van der Waals surface area contributed by atoms with Gasteiger partial charge in [-0.15, -0.1) is 0 Å². The number of nitrogens with zero attached hydrogens (tertiary/aromatic N) is 3. The van der Waals surface area contributed by atoms with Crippen LogP contribution in [0, 0.1) is 13.8 Å². The van der Waals surface area contributed by atoms with E-state index in [1.165, 1.54) is 4.68 Å². The first-order chi connectivity index (χ1) is 15.0. The minimum Gasteiger partial charge on any atom is -0.319 e. The number of aromatic nitrogens is 2. The van der Waals surface area contributed by atoms with Crippen LogP contribution >= 0.6 is 0 Å². The molecular weight excluding hydrogens is 434 g/mol. The molecule has 4 rings (SSSR count). The second kappa shape index (κ2) is 7.73. The van der Waals surface area contributed by atoms with Gasteiger partial charge in [-0.2, -0.15) is 5.10 Å². The highest BCUT2D eigenvalue weighted by atomic mass is 32.2. The van der Waals surface area contributed by atoms with Crippen LogP contribution in [0.1, 0.15) is 36.2 Å². The van der Waals surface area contributed by atoms with Gasteiger partial charge in [-0.1, -0.05) is 24.3 Å². The minimum absolute atomic E-state index is 0.0429. The molecule has 2 aromatic rings. The zero-order valence-electron chi connectivity index (χ0n) is 18.1. The normalized spacial score (nSPS) is 24.6. The van der Waals surface area contributed by atoms with Crippen LogP contribution in [0.15, 0.2) is 30.3 Å². The first-order valence-electron chi connectivity index (χ1n) is 10.3. The Hall–Kier alpha value is -3.21. The topological polar surface area (TPSA) is 130 Å². The summed E-state index contributed by atoms with van der Waals surface area (Å²) in [6, 6.07) is 7.86. The van der Waals surface area contributed by atoms with Crippen molar-refractivity contribution in [1.29, 1.82) is 0 Å². The number of nitrogens with one attached hydrogen (secondary N) is 2. The lowest BCUT2D eigenvalue weighted by atomic mass is 9.88. The van der Waals surface area contributed by atoms with E-state index in [2.05, 4.69) is 15.7 Å². The fourth-order valence-corrected chi connectivity index (χ4v) is 6.03. The van der Waals surface area contributed by atoms with Gasteiger partial charge in [0.25, 0.3) is 5.91 Å². The van der Waals surface area contributed by atoms with E-state index in [9.17, 15) is 22.8 Å². The molecule has 0 spiro atoms. The number of anilines is 1. The van der Waals surface area contributed by atoms with E-state index in [-0.39, 0.29) is 17.5 Å². The van der Waals surface area contributed by atoms with Gasteiger partial charge in [0.05, 0.1) is 23.2 Å². The van der Waals surface area contributed by atoms with Crippen molar-refractivity contribution in [3.05, 3.63) is 47.2 Å². The van der Waals surface area contributed by atoms with Crippen LogP contribution in [0.2, 0.25) is 0 Å². The van der Waals surface area contributed by atoms with E-state index in [1.807, 2.05) is 19.1 Å². The molecule has 2 atom stereocenters. The minimum atomic E-state index is -3.14. The summed E-state index contributed by atoms with van der Waals surface area (Å²) in [5, 5.41) is 9.70. The number of hydrogen-bond acceptors (Lipinski definition) is 6. The van der Waals surface area contributed by atoms with Crippen LogP contribution in [-0.4, -0.2) is 59.0 Å². The molecule has 0 aliphatic carbocycles. The van der Waals surface area contributed by atoms with Crippen molar-refractivity contribution in [2.24, 2.45) is 0 Å². The smallest absolute Gasteiger partial charge is 0.319 e. The monoisotopic (exact) mass is 459 g/mol. The van der Waals surface area contributed by atoms with E-state index in [0.29, 0.717) is 23.5 Å². The molecular formula is C21H25N5O5S. The molecule has 32 heavy (non-hydrogen) atoms. The molecule has 2 unspecified atom stereocenters. The van der Waals surface area contributed by atoms with Crippen LogP contribution in [0.4, 0.5) is 10.6 Å². The Morgan fingerprint density at radius 2 is 2.00 bits per heavy atom. The van der Waals surface area contributed by atoms with Crippen molar-refractivity contribution in [3.63, 3.8) is 0 Å². The zero-order valence-corrected chi connectivity index (χ0v) is 18.9. The number of sulfone groups is 1. The molecule has 2 fully saturated rings. The van der Waals surface area contributed by atoms with E-state index in [4.69, 9.17) is 0 Å². The summed E-state index contributed by atoms with van der Waals surface area (Å²) in [6.07, 6.45) is 0.411. The predicted molar refractivity (Wildman–Crippen MR) is 117 cm³/mol. The Morgan fingerprint density at radius 3 is 2.66 bits per heavy atom. The summed E-state index contributed by atoms with van der Waals surface area (Å²) in [6.45, 7) is 4.73. The molecule has 1 aromatic carbocycles. The van der Waals surface area contributed by atoms with Crippen molar-refractivity contribution < 1.29 is 22.8 Å². The number of hydrogen-bond donors (Lipinski definition) is 2. The third-order valence-electron chi connectivity index (χ3n) is 5.94. The van der Waals surface area contributed by atoms with Gasteiger partial charge < -0.3 is 10.6 Å². The highest BCUT2D eigenvalue weighted by Crippen LogP contribution is 2.31. The number of aryl methyl sites for hydroxylation is 2. The van der Waals surface area contributed by atoms with Gasteiger partial charge in [0.2, 0.25) is 5.91 Å². The molecule has 0 radical (unpaired) electrons. The lowest BCUT2D eigenvalue weighted by Crippen LogP contribution is -2.42. The Kier molecular flexibility index (Phi) is 5.32. The van der Waals surface area contributed by atoms with E-state index < -0.39 is 39.8 Å². The quantitative estimate of drug-likeness (QED) is 0.648. The summed E-state index contributed by atoms with van der Waals surface area (Å²) in [4.78, 5) is 39.3. The van der Waals surface area contributed by atoms with E-state index >= 15 is 0 Å². The average molecular weight is 460 g/mol.